The number of alkyl halides is 3. The molecule has 0 radical (unpaired) electrons. The number of carbonyl (C=O) groups excluding carboxylic acids is 2. The Labute approximate surface area is 131 Å². The minimum atomic E-state index is -4.62. The molecule has 0 aliphatic heterocycles. The van der Waals surface area contributed by atoms with Crippen molar-refractivity contribution in [3.63, 3.8) is 0 Å². The lowest BCUT2D eigenvalue weighted by atomic mass is 10.2. The number of rotatable bonds is 6. The standard InChI is InChI=1S/C9H10F3NO.C5H9NO3/c1-13-6-7-2-4-8(5-3-7)14-9(10,11)12;1-4(9)6-5(2-7)3-8/h2-5,13H,6H2,1H3;2,5,8H,3H2,1H3,(H,6,9). The fraction of sp³-hybridized carbons (Fsp3) is 0.429. The van der Waals surface area contributed by atoms with Gasteiger partial charge in [-0.05, 0) is 24.7 Å². The van der Waals surface area contributed by atoms with Gasteiger partial charge in [-0.25, -0.2) is 0 Å². The molecular formula is C14H19F3N2O4. The second kappa shape index (κ2) is 10.6. The highest BCUT2D eigenvalue weighted by molar-refractivity contribution is 5.77. The minimum absolute atomic E-state index is 0.197. The zero-order chi connectivity index (χ0) is 17.9. The fourth-order valence-electron chi connectivity index (χ4n) is 1.40. The molecule has 3 N–H and O–H groups in total. The van der Waals surface area contributed by atoms with E-state index in [0.717, 1.165) is 5.56 Å². The molecule has 0 aliphatic rings. The first-order valence-electron chi connectivity index (χ1n) is 6.54. The predicted octanol–water partition coefficient (Wildman–Crippen LogP) is 0.987. The summed E-state index contributed by atoms with van der Waals surface area (Å²) in [7, 11) is 1.76. The van der Waals surface area contributed by atoms with Crippen molar-refractivity contribution in [1.29, 1.82) is 0 Å². The molecule has 0 saturated heterocycles. The van der Waals surface area contributed by atoms with E-state index in [2.05, 4.69) is 15.4 Å². The molecule has 0 saturated carbocycles. The summed E-state index contributed by atoms with van der Waals surface area (Å²) in [5.74, 6) is -0.515. The van der Waals surface area contributed by atoms with Crippen LogP contribution in [-0.4, -0.2) is 43.4 Å². The van der Waals surface area contributed by atoms with Crippen molar-refractivity contribution in [3.05, 3.63) is 29.8 Å². The van der Waals surface area contributed by atoms with Crippen LogP contribution in [0.1, 0.15) is 12.5 Å². The number of amides is 1. The van der Waals surface area contributed by atoms with Gasteiger partial charge in [-0.1, -0.05) is 12.1 Å². The molecule has 9 heteroatoms. The highest BCUT2D eigenvalue weighted by Gasteiger charge is 2.30. The SMILES string of the molecule is CC(=O)NC(C=O)CO.CNCc1ccc(OC(F)(F)F)cc1. The van der Waals surface area contributed by atoms with E-state index in [9.17, 15) is 22.8 Å². The van der Waals surface area contributed by atoms with E-state index >= 15 is 0 Å². The van der Waals surface area contributed by atoms with Crippen LogP contribution < -0.4 is 15.4 Å². The van der Waals surface area contributed by atoms with Gasteiger partial charge in [-0.15, -0.1) is 13.2 Å². The highest BCUT2D eigenvalue weighted by atomic mass is 19.4. The summed E-state index contributed by atoms with van der Waals surface area (Å²) in [4.78, 5) is 20.1. The van der Waals surface area contributed by atoms with Gasteiger partial charge in [0, 0.05) is 13.5 Å². The third-order valence-corrected chi connectivity index (χ3v) is 2.29. The van der Waals surface area contributed by atoms with Crippen LogP contribution in [0, 0.1) is 0 Å². The Bertz CT molecular complexity index is 478. The van der Waals surface area contributed by atoms with Gasteiger partial charge in [0.1, 0.15) is 18.1 Å². The van der Waals surface area contributed by atoms with Gasteiger partial charge >= 0.3 is 6.36 Å². The second-order valence-corrected chi connectivity index (χ2v) is 4.35. The van der Waals surface area contributed by atoms with Crippen LogP contribution in [0.3, 0.4) is 0 Å². The first kappa shape index (κ1) is 20.9. The van der Waals surface area contributed by atoms with Crippen molar-refractivity contribution in [1.82, 2.24) is 10.6 Å². The van der Waals surface area contributed by atoms with Crippen LogP contribution in [0.5, 0.6) is 5.75 Å². The van der Waals surface area contributed by atoms with Gasteiger partial charge in [0.25, 0.3) is 0 Å². The predicted molar refractivity (Wildman–Crippen MR) is 76.6 cm³/mol. The van der Waals surface area contributed by atoms with E-state index in [-0.39, 0.29) is 18.3 Å². The third-order valence-electron chi connectivity index (χ3n) is 2.29. The third kappa shape index (κ3) is 11.1. The maximum atomic E-state index is 11.8. The number of benzene rings is 1. The monoisotopic (exact) mass is 336 g/mol. The number of aliphatic hydroxyl groups excluding tert-OH is 1. The number of nitrogens with one attached hydrogen (secondary N) is 2. The maximum Gasteiger partial charge on any atom is 0.573 e. The first-order chi connectivity index (χ1) is 10.7. The van der Waals surface area contributed by atoms with E-state index in [4.69, 9.17) is 5.11 Å². The normalized spacial score (nSPS) is 11.7. The van der Waals surface area contributed by atoms with Gasteiger partial charge in [-0.2, -0.15) is 0 Å². The quantitative estimate of drug-likeness (QED) is 0.674. The lowest BCUT2D eigenvalue weighted by Crippen LogP contribution is -2.36. The zero-order valence-electron chi connectivity index (χ0n) is 12.7. The van der Waals surface area contributed by atoms with E-state index in [0.29, 0.717) is 12.8 Å². The van der Waals surface area contributed by atoms with Crippen molar-refractivity contribution in [3.8, 4) is 5.75 Å². The lowest BCUT2D eigenvalue weighted by molar-refractivity contribution is -0.274. The number of hydrogen-bond donors (Lipinski definition) is 3. The molecule has 1 amide bonds. The second-order valence-electron chi connectivity index (χ2n) is 4.35. The molecule has 6 nitrogen and oxygen atoms in total. The molecule has 1 aromatic carbocycles. The summed E-state index contributed by atoms with van der Waals surface area (Å²) in [6.07, 6.45) is -4.13. The molecule has 0 aromatic heterocycles. The van der Waals surface area contributed by atoms with Crippen LogP contribution in [0.25, 0.3) is 0 Å². The van der Waals surface area contributed by atoms with E-state index in [1.165, 1.54) is 19.1 Å². The number of aliphatic hydroxyl groups is 1. The Morgan fingerprint density at radius 2 is 1.91 bits per heavy atom. The van der Waals surface area contributed by atoms with Crippen LogP contribution >= 0.6 is 0 Å². The van der Waals surface area contributed by atoms with Gasteiger partial charge in [0.2, 0.25) is 5.91 Å². The molecule has 0 fully saturated rings. The average molecular weight is 336 g/mol. The Morgan fingerprint density at radius 3 is 2.22 bits per heavy atom. The zero-order valence-corrected chi connectivity index (χ0v) is 12.7. The van der Waals surface area contributed by atoms with Gasteiger partial charge in [-0.3, -0.25) is 4.79 Å². The largest absolute Gasteiger partial charge is 0.573 e. The van der Waals surface area contributed by atoms with E-state index in [1.807, 2.05) is 0 Å². The molecule has 1 aromatic rings. The summed E-state index contributed by atoms with van der Waals surface area (Å²) in [6, 6.07) is 5.00. The summed E-state index contributed by atoms with van der Waals surface area (Å²) >= 11 is 0. The van der Waals surface area contributed by atoms with Crippen molar-refractivity contribution in [2.45, 2.75) is 25.9 Å². The van der Waals surface area contributed by atoms with Crippen molar-refractivity contribution in [2.24, 2.45) is 0 Å². The van der Waals surface area contributed by atoms with Crippen LogP contribution in [0.4, 0.5) is 13.2 Å². The molecule has 1 atom stereocenters. The highest BCUT2D eigenvalue weighted by Crippen LogP contribution is 2.22. The van der Waals surface area contributed by atoms with Crippen molar-refractivity contribution < 1.29 is 32.6 Å². The van der Waals surface area contributed by atoms with Gasteiger partial charge in [0.05, 0.1) is 6.61 Å². The number of ether oxygens (including phenoxy) is 1. The van der Waals surface area contributed by atoms with Gasteiger partial charge < -0.3 is 25.3 Å². The van der Waals surface area contributed by atoms with Crippen LogP contribution in [0.2, 0.25) is 0 Å². The van der Waals surface area contributed by atoms with Gasteiger partial charge in [0.15, 0.2) is 0 Å². The van der Waals surface area contributed by atoms with E-state index < -0.39 is 12.4 Å². The Balaban J connectivity index is 0.000000468. The lowest BCUT2D eigenvalue weighted by Gasteiger charge is -2.08. The topological polar surface area (TPSA) is 87.7 Å². The molecular weight excluding hydrogens is 317 g/mol. The Kier molecular flexibility index (Phi) is 9.59. The molecule has 1 rings (SSSR count). The van der Waals surface area contributed by atoms with Crippen LogP contribution in [-0.2, 0) is 16.1 Å². The summed E-state index contributed by atoms with van der Waals surface area (Å²) in [5, 5.41) is 13.4. The number of aldehydes is 1. The first-order valence-corrected chi connectivity index (χ1v) is 6.54. The minimum Gasteiger partial charge on any atom is -0.406 e. The van der Waals surface area contributed by atoms with Crippen molar-refractivity contribution in [2.75, 3.05) is 13.7 Å². The summed E-state index contributed by atoms with van der Waals surface area (Å²) in [6.45, 7) is 1.56. The molecule has 0 heterocycles. The molecule has 0 aliphatic carbocycles. The van der Waals surface area contributed by atoms with E-state index in [1.54, 1.807) is 19.2 Å². The Morgan fingerprint density at radius 1 is 1.35 bits per heavy atom. The van der Waals surface area contributed by atoms with Crippen molar-refractivity contribution >= 4 is 12.2 Å². The van der Waals surface area contributed by atoms with Crippen LogP contribution in [0.15, 0.2) is 24.3 Å². The summed E-state index contributed by atoms with van der Waals surface area (Å²) < 4.78 is 39.0. The molecule has 23 heavy (non-hydrogen) atoms. The fourth-order valence-corrected chi connectivity index (χ4v) is 1.40. The number of halogens is 3. The molecule has 1 unspecified atom stereocenters. The number of hydrogen-bond acceptors (Lipinski definition) is 5. The summed E-state index contributed by atoms with van der Waals surface area (Å²) in [5.41, 5.74) is 0.905. The molecule has 0 bridgehead atoms. The smallest absolute Gasteiger partial charge is 0.406 e. The molecule has 0 spiro atoms. The Hall–Kier alpha value is -2.13. The maximum absolute atomic E-state index is 11.8. The number of carbonyl (C=O) groups is 2. The molecule has 130 valence electrons. The average Bonchev–Trinajstić information content (AvgIpc) is 2.46.